The van der Waals surface area contributed by atoms with Crippen molar-refractivity contribution in [3.8, 4) is 0 Å². The molecule has 0 spiro atoms. The van der Waals surface area contributed by atoms with E-state index in [4.69, 9.17) is 10.2 Å². The highest BCUT2D eigenvalue weighted by Gasteiger charge is 2.34. The fourth-order valence-corrected chi connectivity index (χ4v) is 2.79. The third-order valence-corrected chi connectivity index (χ3v) is 3.96. The van der Waals surface area contributed by atoms with E-state index in [0.29, 0.717) is 0 Å². The molecule has 4 unspecified atom stereocenters. The summed E-state index contributed by atoms with van der Waals surface area (Å²) in [6, 6.07) is 4.40. The van der Waals surface area contributed by atoms with Crippen LogP contribution in [0.3, 0.4) is 0 Å². The standard InChI is InChI=1S/C14H24N2O/c1-9-7-16(8-10(9)2)14(12(4)15)13-6-5-11(3)17-13/h5-6,9-10,12,14H,7-8,15H2,1-4H3. The Morgan fingerprint density at radius 1 is 1.29 bits per heavy atom. The summed E-state index contributed by atoms with van der Waals surface area (Å²) in [6.45, 7) is 10.9. The lowest BCUT2D eigenvalue weighted by atomic mass is 10.0. The highest BCUT2D eigenvalue weighted by Crippen LogP contribution is 2.32. The first-order chi connectivity index (χ1) is 7.99. The summed E-state index contributed by atoms with van der Waals surface area (Å²) in [5.74, 6) is 3.46. The van der Waals surface area contributed by atoms with Gasteiger partial charge >= 0.3 is 0 Å². The molecule has 1 aromatic heterocycles. The molecular weight excluding hydrogens is 212 g/mol. The first-order valence-electron chi connectivity index (χ1n) is 6.55. The Balaban J connectivity index is 2.19. The third kappa shape index (κ3) is 2.55. The summed E-state index contributed by atoms with van der Waals surface area (Å²) in [7, 11) is 0. The van der Waals surface area contributed by atoms with Crippen LogP contribution >= 0.6 is 0 Å². The zero-order valence-electron chi connectivity index (χ0n) is 11.3. The van der Waals surface area contributed by atoms with Crippen LogP contribution in [-0.4, -0.2) is 24.0 Å². The molecular formula is C14H24N2O. The number of furan rings is 1. The Morgan fingerprint density at radius 2 is 1.88 bits per heavy atom. The molecule has 17 heavy (non-hydrogen) atoms. The van der Waals surface area contributed by atoms with E-state index in [-0.39, 0.29) is 12.1 Å². The van der Waals surface area contributed by atoms with E-state index in [1.54, 1.807) is 0 Å². The monoisotopic (exact) mass is 236 g/mol. The Bertz CT molecular complexity index is 362. The minimum Gasteiger partial charge on any atom is -0.465 e. The van der Waals surface area contributed by atoms with Gasteiger partial charge in [0, 0.05) is 19.1 Å². The molecule has 1 aliphatic rings. The van der Waals surface area contributed by atoms with Gasteiger partial charge in [-0.05, 0) is 37.8 Å². The smallest absolute Gasteiger partial charge is 0.122 e. The molecule has 2 heterocycles. The second-order valence-corrected chi connectivity index (χ2v) is 5.66. The zero-order valence-corrected chi connectivity index (χ0v) is 11.3. The van der Waals surface area contributed by atoms with Gasteiger partial charge in [0.05, 0.1) is 6.04 Å². The molecule has 2 N–H and O–H groups in total. The molecule has 1 saturated heterocycles. The maximum atomic E-state index is 6.15. The van der Waals surface area contributed by atoms with Crippen molar-refractivity contribution < 1.29 is 4.42 Å². The van der Waals surface area contributed by atoms with Crippen molar-refractivity contribution in [2.24, 2.45) is 17.6 Å². The van der Waals surface area contributed by atoms with Crippen molar-refractivity contribution in [2.75, 3.05) is 13.1 Å². The molecule has 0 aliphatic carbocycles. The topological polar surface area (TPSA) is 42.4 Å². The van der Waals surface area contributed by atoms with E-state index >= 15 is 0 Å². The van der Waals surface area contributed by atoms with Crippen LogP contribution in [0.4, 0.5) is 0 Å². The van der Waals surface area contributed by atoms with Crippen molar-refractivity contribution in [1.29, 1.82) is 0 Å². The lowest BCUT2D eigenvalue weighted by Crippen LogP contribution is -2.38. The van der Waals surface area contributed by atoms with Crippen LogP contribution in [0.2, 0.25) is 0 Å². The number of likely N-dealkylation sites (tertiary alicyclic amines) is 1. The number of hydrogen-bond acceptors (Lipinski definition) is 3. The van der Waals surface area contributed by atoms with Gasteiger partial charge in [-0.25, -0.2) is 0 Å². The van der Waals surface area contributed by atoms with Gasteiger partial charge in [0.2, 0.25) is 0 Å². The van der Waals surface area contributed by atoms with Gasteiger partial charge in [-0.15, -0.1) is 0 Å². The molecule has 2 rings (SSSR count). The second kappa shape index (κ2) is 4.83. The molecule has 3 nitrogen and oxygen atoms in total. The average molecular weight is 236 g/mol. The Hall–Kier alpha value is -0.800. The van der Waals surface area contributed by atoms with Crippen molar-refractivity contribution in [2.45, 2.75) is 39.8 Å². The van der Waals surface area contributed by atoms with Crippen LogP contribution in [0.5, 0.6) is 0 Å². The molecule has 1 fully saturated rings. The van der Waals surface area contributed by atoms with E-state index in [9.17, 15) is 0 Å². The fraction of sp³-hybridized carbons (Fsp3) is 0.714. The van der Waals surface area contributed by atoms with Gasteiger partial charge in [-0.1, -0.05) is 13.8 Å². The summed E-state index contributed by atoms with van der Waals surface area (Å²) < 4.78 is 5.77. The number of nitrogens with two attached hydrogens (primary N) is 1. The number of aryl methyl sites for hydroxylation is 1. The molecule has 0 amide bonds. The third-order valence-electron chi connectivity index (χ3n) is 3.96. The summed E-state index contributed by atoms with van der Waals surface area (Å²) in [4.78, 5) is 2.47. The predicted molar refractivity (Wildman–Crippen MR) is 69.7 cm³/mol. The fourth-order valence-electron chi connectivity index (χ4n) is 2.79. The molecule has 0 aromatic carbocycles. The Labute approximate surface area is 104 Å². The number of hydrogen-bond donors (Lipinski definition) is 1. The van der Waals surface area contributed by atoms with Crippen LogP contribution in [0.15, 0.2) is 16.5 Å². The highest BCUT2D eigenvalue weighted by atomic mass is 16.3. The average Bonchev–Trinajstić information content (AvgIpc) is 2.76. The number of nitrogens with zero attached hydrogens (tertiary/aromatic N) is 1. The van der Waals surface area contributed by atoms with Gasteiger partial charge in [-0.3, -0.25) is 4.90 Å². The summed E-state index contributed by atoms with van der Waals surface area (Å²) >= 11 is 0. The van der Waals surface area contributed by atoms with Gasteiger partial charge in [-0.2, -0.15) is 0 Å². The molecule has 0 radical (unpaired) electrons. The van der Waals surface area contributed by atoms with Crippen molar-refractivity contribution in [1.82, 2.24) is 4.90 Å². The Kier molecular flexibility index (Phi) is 3.59. The van der Waals surface area contributed by atoms with Crippen molar-refractivity contribution >= 4 is 0 Å². The maximum absolute atomic E-state index is 6.15. The van der Waals surface area contributed by atoms with Crippen LogP contribution < -0.4 is 5.73 Å². The molecule has 96 valence electrons. The largest absolute Gasteiger partial charge is 0.465 e. The summed E-state index contributed by atoms with van der Waals surface area (Å²) in [5, 5.41) is 0. The van der Waals surface area contributed by atoms with E-state index in [1.165, 1.54) is 0 Å². The van der Waals surface area contributed by atoms with Crippen LogP contribution in [0.1, 0.15) is 38.3 Å². The summed E-state index contributed by atoms with van der Waals surface area (Å²) in [5.41, 5.74) is 6.15. The molecule has 1 aliphatic heterocycles. The Morgan fingerprint density at radius 3 is 2.29 bits per heavy atom. The molecule has 3 heteroatoms. The molecule has 0 bridgehead atoms. The van der Waals surface area contributed by atoms with Crippen LogP contribution in [-0.2, 0) is 0 Å². The van der Waals surface area contributed by atoms with E-state index in [1.807, 2.05) is 13.0 Å². The van der Waals surface area contributed by atoms with Gasteiger partial charge in [0.15, 0.2) is 0 Å². The summed E-state index contributed by atoms with van der Waals surface area (Å²) in [6.07, 6.45) is 0. The van der Waals surface area contributed by atoms with Crippen molar-refractivity contribution in [3.05, 3.63) is 23.7 Å². The molecule has 0 saturated carbocycles. The lowest BCUT2D eigenvalue weighted by molar-refractivity contribution is 0.181. The first-order valence-corrected chi connectivity index (χ1v) is 6.55. The zero-order chi connectivity index (χ0) is 12.6. The van der Waals surface area contributed by atoms with Gasteiger partial charge in [0.25, 0.3) is 0 Å². The minimum absolute atomic E-state index is 0.0954. The van der Waals surface area contributed by atoms with Crippen molar-refractivity contribution in [3.63, 3.8) is 0 Å². The highest BCUT2D eigenvalue weighted by molar-refractivity contribution is 5.12. The van der Waals surface area contributed by atoms with Crippen LogP contribution in [0.25, 0.3) is 0 Å². The normalized spacial score (nSPS) is 29.5. The lowest BCUT2D eigenvalue weighted by Gasteiger charge is -2.29. The van der Waals surface area contributed by atoms with E-state index < -0.39 is 0 Å². The quantitative estimate of drug-likeness (QED) is 0.877. The van der Waals surface area contributed by atoms with E-state index in [2.05, 4.69) is 31.7 Å². The first kappa shape index (κ1) is 12.7. The minimum atomic E-state index is 0.0954. The van der Waals surface area contributed by atoms with Gasteiger partial charge in [0.1, 0.15) is 11.5 Å². The SMILES string of the molecule is Cc1ccc(C(C(C)N)N2CC(C)C(C)C2)o1. The van der Waals surface area contributed by atoms with Gasteiger partial charge < -0.3 is 10.2 Å². The maximum Gasteiger partial charge on any atom is 0.122 e. The van der Waals surface area contributed by atoms with Crippen LogP contribution in [0, 0.1) is 18.8 Å². The molecule has 1 aromatic rings. The predicted octanol–water partition coefficient (Wildman–Crippen LogP) is 2.56. The molecule has 4 atom stereocenters. The second-order valence-electron chi connectivity index (χ2n) is 5.66. The number of rotatable bonds is 3. The van der Waals surface area contributed by atoms with E-state index in [0.717, 1.165) is 36.4 Å².